The van der Waals surface area contributed by atoms with Crippen LogP contribution in [-0.4, -0.2) is 25.0 Å². The molecule has 2 aliphatic carbocycles. The van der Waals surface area contributed by atoms with Crippen LogP contribution in [0.5, 0.6) is 0 Å². The Hall–Kier alpha value is -1.36. The number of rotatable bonds is 5. The molecule has 2 saturated carbocycles. The van der Waals surface area contributed by atoms with Gasteiger partial charge in [-0.3, -0.25) is 9.59 Å². The highest BCUT2D eigenvalue weighted by Gasteiger charge is 2.51. The van der Waals surface area contributed by atoms with Gasteiger partial charge in [-0.15, -0.1) is 11.3 Å². The molecular weight excluding hydrogens is 286 g/mol. The molecule has 0 unspecified atom stereocenters. The van der Waals surface area contributed by atoms with E-state index in [0.717, 1.165) is 25.7 Å². The van der Waals surface area contributed by atoms with Crippen LogP contribution < -0.4 is 5.32 Å². The Morgan fingerprint density at radius 2 is 2.19 bits per heavy atom. The number of fused-ring (bicyclic) bond motifs is 2. The molecule has 114 valence electrons. The predicted octanol–water partition coefficient (Wildman–Crippen LogP) is 2.38. The summed E-state index contributed by atoms with van der Waals surface area (Å²) in [6, 6.07) is 4.03. The van der Waals surface area contributed by atoms with Crippen molar-refractivity contribution < 1.29 is 14.3 Å². The lowest BCUT2D eigenvalue weighted by Gasteiger charge is -2.29. The SMILES string of the molecule is COC(=O)[C@@H]1[C@H]2CC[C@@H](C2)[C@H]1NC(=O)CCc1cccs1. The minimum absolute atomic E-state index is 0.0213. The second kappa shape index (κ2) is 6.18. The van der Waals surface area contributed by atoms with Crippen molar-refractivity contribution in [2.24, 2.45) is 17.8 Å². The fourth-order valence-corrected chi connectivity index (χ4v) is 4.63. The summed E-state index contributed by atoms with van der Waals surface area (Å²) >= 11 is 1.67. The van der Waals surface area contributed by atoms with Crippen LogP contribution in [0.2, 0.25) is 0 Å². The van der Waals surface area contributed by atoms with Crippen molar-refractivity contribution >= 4 is 23.2 Å². The predicted molar refractivity (Wildman–Crippen MR) is 80.9 cm³/mol. The molecule has 5 heteroatoms. The van der Waals surface area contributed by atoms with E-state index in [4.69, 9.17) is 4.74 Å². The maximum Gasteiger partial charge on any atom is 0.311 e. The van der Waals surface area contributed by atoms with E-state index in [0.29, 0.717) is 18.3 Å². The molecule has 2 fully saturated rings. The van der Waals surface area contributed by atoms with Crippen molar-refractivity contribution in [2.45, 2.75) is 38.1 Å². The normalized spacial score (nSPS) is 30.3. The summed E-state index contributed by atoms with van der Waals surface area (Å²) in [6.07, 6.45) is 4.52. The molecule has 1 N–H and O–H groups in total. The van der Waals surface area contributed by atoms with Crippen LogP contribution in [0.1, 0.15) is 30.6 Å². The molecule has 0 spiro atoms. The average Bonchev–Trinajstić information content (AvgIpc) is 3.21. The molecule has 0 saturated heterocycles. The van der Waals surface area contributed by atoms with E-state index < -0.39 is 0 Å². The van der Waals surface area contributed by atoms with Gasteiger partial charge in [-0.1, -0.05) is 6.07 Å². The molecule has 2 aliphatic rings. The van der Waals surface area contributed by atoms with Crippen molar-refractivity contribution in [1.82, 2.24) is 5.32 Å². The number of esters is 1. The largest absolute Gasteiger partial charge is 0.469 e. The standard InChI is InChI=1S/C16H21NO3S/c1-20-16(19)14-10-4-5-11(9-10)15(14)17-13(18)7-6-12-3-2-8-21-12/h2-3,8,10-11,14-15H,4-7,9H2,1H3,(H,17,18)/t10-,11-,14+,15+/m0/s1. The number of methoxy groups -OCH3 is 1. The minimum atomic E-state index is -0.161. The number of aryl methyl sites for hydroxylation is 1. The molecule has 0 aliphatic heterocycles. The van der Waals surface area contributed by atoms with E-state index in [-0.39, 0.29) is 23.8 Å². The number of nitrogens with one attached hydrogen (secondary N) is 1. The van der Waals surface area contributed by atoms with Crippen LogP contribution in [-0.2, 0) is 20.7 Å². The van der Waals surface area contributed by atoms with Crippen LogP contribution in [0.15, 0.2) is 17.5 Å². The summed E-state index contributed by atoms with van der Waals surface area (Å²) in [6.45, 7) is 0. The maximum atomic E-state index is 12.2. The lowest BCUT2D eigenvalue weighted by molar-refractivity contribution is -0.148. The summed E-state index contributed by atoms with van der Waals surface area (Å²) < 4.78 is 4.93. The van der Waals surface area contributed by atoms with Gasteiger partial charge in [-0.2, -0.15) is 0 Å². The van der Waals surface area contributed by atoms with Crippen LogP contribution >= 0.6 is 11.3 Å². The van der Waals surface area contributed by atoms with Crippen molar-refractivity contribution in [3.63, 3.8) is 0 Å². The molecule has 2 bridgehead atoms. The fraction of sp³-hybridized carbons (Fsp3) is 0.625. The van der Waals surface area contributed by atoms with Crippen LogP contribution in [0.3, 0.4) is 0 Å². The summed E-state index contributed by atoms with van der Waals surface area (Å²) in [5.74, 6) is 0.592. The summed E-state index contributed by atoms with van der Waals surface area (Å²) in [5.41, 5.74) is 0. The van der Waals surface area contributed by atoms with E-state index in [9.17, 15) is 9.59 Å². The molecule has 0 aromatic carbocycles. The number of hydrogen-bond donors (Lipinski definition) is 1. The second-order valence-corrected chi connectivity index (χ2v) is 7.09. The number of ether oxygens (including phenoxy) is 1. The minimum Gasteiger partial charge on any atom is -0.469 e. The van der Waals surface area contributed by atoms with Gasteiger partial charge in [0.05, 0.1) is 13.0 Å². The van der Waals surface area contributed by atoms with Crippen LogP contribution in [0.25, 0.3) is 0 Å². The first kappa shape index (κ1) is 14.6. The third-order valence-electron chi connectivity index (χ3n) is 4.90. The monoisotopic (exact) mass is 307 g/mol. The molecule has 21 heavy (non-hydrogen) atoms. The smallest absolute Gasteiger partial charge is 0.311 e. The summed E-state index contributed by atoms with van der Waals surface area (Å²) in [4.78, 5) is 25.4. The topological polar surface area (TPSA) is 55.4 Å². The van der Waals surface area contributed by atoms with E-state index >= 15 is 0 Å². The van der Waals surface area contributed by atoms with Crippen molar-refractivity contribution in [3.8, 4) is 0 Å². The number of amides is 1. The van der Waals surface area contributed by atoms with Gasteiger partial charge in [-0.25, -0.2) is 0 Å². The van der Waals surface area contributed by atoms with Gasteiger partial charge in [0.15, 0.2) is 0 Å². The molecule has 0 radical (unpaired) electrons. The van der Waals surface area contributed by atoms with Crippen molar-refractivity contribution in [1.29, 1.82) is 0 Å². The zero-order valence-electron chi connectivity index (χ0n) is 12.2. The zero-order chi connectivity index (χ0) is 14.8. The van der Waals surface area contributed by atoms with Gasteiger partial charge in [0, 0.05) is 17.3 Å². The zero-order valence-corrected chi connectivity index (χ0v) is 13.0. The molecule has 3 rings (SSSR count). The molecular formula is C16H21NO3S. The van der Waals surface area contributed by atoms with Gasteiger partial charge < -0.3 is 10.1 Å². The Kier molecular flexibility index (Phi) is 4.29. The van der Waals surface area contributed by atoms with Gasteiger partial charge in [-0.05, 0) is 49.0 Å². The van der Waals surface area contributed by atoms with E-state index in [1.807, 2.05) is 17.5 Å². The highest BCUT2D eigenvalue weighted by molar-refractivity contribution is 7.09. The number of hydrogen-bond acceptors (Lipinski definition) is 4. The molecule has 1 aromatic rings. The first-order valence-corrected chi connectivity index (χ1v) is 8.46. The Morgan fingerprint density at radius 3 is 2.90 bits per heavy atom. The third kappa shape index (κ3) is 2.98. The van der Waals surface area contributed by atoms with Gasteiger partial charge in [0.1, 0.15) is 0 Å². The van der Waals surface area contributed by atoms with E-state index in [2.05, 4.69) is 5.32 Å². The van der Waals surface area contributed by atoms with Gasteiger partial charge in [0.2, 0.25) is 5.91 Å². The van der Waals surface area contributed by atoms with Crippen molar-refractivity contribution in [3.05, 3.63) is 22.4 Å². The first-order chi connectivity index (χ1) is 10.2. The molecule has 1 amide bonds. The number of carbonyl (C=O) groups excluding carboxylic acids is 2. The molecule has 4 nitrogen and oxygen atoms in total. The second-order valence-electron chi connectivity index (χ2n) is 6.05. The highest BCUT2D eigenvalue weighted by atomic mass is 32.1. The van der Waals surface area contributed by atoms with E-state index in [1.54, 1.807) is 11.3 Å². The lowest BCUT2D eigenvalue weighted by atomic mass is 9.84. The Morgan fingerprint density at radius 1 is 1.38 bits per heavy atom. The van der Waals surface area contributed by atoms with E-state index in [1.165, 1.54) is 12.0 Å². The highest BCUT2D eigenvalue weighted by Crippen LogP contribution is 2.48. The number of thiophene rings is 1. The average molecular weight is 307 g/mol. The van der Waals surface area contributed by atoms with Crippen LogP contribution in [0, 0.1) is 17.8 Å². The Bertz CT molecular complexity index is 514. The van der Waals surface area contributed by atoms with Crippen molar-refractivity contribution in [2.75, 3.05) is 7.11 Å². The lowest BCUT2D eigenvalue weighted by Crippen LogP contribution is -2.47. The van der Waals surface area contributed by atoms with Gasteiger partial charge >= 0.3 is 5.97 Å². The molecule has 1 aromatic heterocycles. The summed E-state index contributed by atoms with van der Waals surface area (Å²) in [7, 11) is 1.43. The summed E-state index contributed by atoms with van der Waals surface area (Å²) in [5, 5.41) is 5.13. The van der Waals surface area contributed by atoms with Crippen LogP contribution in [0.4, 0.5) is 0 Å². The third-order valence-corrected chi connectivity index (χ3v) is 5.83. The quantitative estimate of drug-likeness (QED) is 0.850. The molecule has 4 atom stereocenters. The first-order valence-electron chi connectivity index (χ1n) is 7.58. The maximum absolute atomic E-state index is 12.2. The Balaban J connectivity index is 1.57. The fourth-order valence-electron chi connectivity index (χ4n) is 3.92. The molecule has 1 heterocycles. The Labute approximate surface area is 128 Å². The number of carbonyl (C=O) groups is 2. The van der Waals surface area contributed by atoms with Gasteiger partial charge in [0.25, 0.3) is 0 Å².